The van der Waals surface area contributed by atoms with Crippen LogP contribution in [-0.2, 0) is 19.0 Å². The Labute approximate surface area is 138 Å². The van der Waals surface area contributed by atoms with E-state index >= 15 is 0 Å². The lowest BCUT2D eigenvalue weighted by molar-refractivity contribution is -0.322. The second kappa shape index (κ2) is 8.02. The van der Waals surface area contributed by atoms with Crippen molar-refractivity contribution in [2.45, 2.75) is 68.9 Å². The molecular formula is C14H25NO9. The van der Waals surface area contributed by atoms with Crippen molar-refractivity contribution < 1.29 is 44.5 Å². The zero-order valence-electron chi connectivity index (χ0n) is 13.5. The first-order valence-electron chi connectivity index (χ1n) is 7.79. The fourth-order valence-electron chi connectivity index (χ4n) is 2.87. The van der Waals surface area contributed by atoms with Crippen LogP contribution in [0.2, 0.25) is 0 Å². The molecule has 0 aromatic carbocycles. The molecule has 0 aromatic rings. The van der Waals surface area contributed by atoms with E-state index in [-0.39, 0.29) is 12.5 Å². The van der Waals surface area contributed by atoms with Crippen molar-refractivity contribution in [2.75, 3.05) is 13.2 Å². The lowest BCUT2D eigenvalue weighted by Crippen LogP contribution is -2.64. The fraction of sp³-hybridized carbons (Fsp3) is 0.929. The van der Waals surface area contributed by atoms with Crippen LogP contribution in [0.15, 0.2) is 0 Å². The Kier molecular flexibility index (Phi) is 6.51. The third kappa shape index (κ3) is 4.03. The van der Waals surface area contributed by atoms with Gasteiger partial charge in [0, 0.05) is 6.92 Å². The third-order valence-corrected chi connectivity index (χ3v) is 4.27. The minimum absolute atomic E-state index is 0.0178. The molecule has 2 heterocycles. The normalized spacial score (nSPS) is 46.5. The van der Waals surface area contributed by atoms with Crippen molar-refractivity contribution >= 4 is 5.91 Å². The van der Waals surface area contributed by atoms with Crippen molar-refractivity contribution in [3.63, 3.8) is 0 Å². The predicted molar refractivity (Wildman–Crippen MR) is 77.7 cm³/mol. The van der Waals surface area contributed by atoms with Gasteiger partial charge in [0.1, 0.15) is 36.6 Å². The van der Waals surface area contributed by atoms with Crippen molar-refractivity contribution in [2.24, 2.45) is 0 Å². The average molecular weight is 351 g/mol. The first kappa shape index (κ1) is 19.5. The zero-order valence-corrected chi connectivity index (χ0v) is 13.5. The highest BCUT2D eigenvalue weighted by molar-refractivity contribution is 5.73. The largest absolute Gasteiger partial charge is 0.394 e. The number of hydrogen-bond donors (Lipinski definition) is 6. The molecule has 0 spiro atoms. The molecule has 6 N–H and O–H groups in total. The van der Waals surface area contributed by atoms with Crippen molar-refractivity contribution in [3.8, 4) is 0 Å². The zero-order chi connectivity index (χ0) is 18.0. The van der Waals surface area contributed by atoms with Crippen LogP contribution >= 0.6 is 0 Å². The van der Waals surface area contributed by atoms with Crippen molar-refractivity contribution in [1.29, 1.82) is 0 Å². The number of carbonyl (C=O) groups is 1. The molecule has 2 rings (SSSR count). The maximum absolute atomic E-state index is 11.3. The van der Waals surface area contributed by atoms with Crippen LogP contribution in [0.4, 0.5) is 0 Å². The number of carbonyl (C=O) groups excluding carboxylic acids is 1. The molecule has 2 saturated heterocycles. The van der Waals surface area contributed by atoms with Crippen LogP contribution in [0.25, 0.3) is 0 Å². The van der Waals surface area contributed by atoms with E-state index in [9.17, 15) is 30.3 Å². The second-order valence-electron chi connectivity index (χ2n) is 6.13. The van der Waals surface area contributed by atoms with E-state index in [1.807, 2.05) is 0 Å². The maximum Gasteiger partial charge on any atom is 0.217 e. The van der Waals surface area contributed by atoms with E-state index in [0.29, 0.717) is 0 Å². The number of aliphatic hydroxyl groups excluding tert-OH is 5. The molecule has 1 amide bonds. The Bertz CT molecular complexity index is 436. The van der Waals surface area contributed by atoms with Crippen LogP contribution in [-0.4, -0.2) is 99.7 Å². The Morgan fingerprint density at radius 2 is 1.83 bits per heavy atom. The van der Waals surface area contributed by atoms with Gasteiger partial charge in [0.25, 0.3) is 0 Å². The summed E-state index contributed by atoms with van der Waals surface area (Å²) in [5.74, 6) is -0.374. The summed E-state index contributed by atoms with van der Waals surface area (Å²) >= 11 is 0. The molecule has 2 aliphatic heterocycles. The Morgan fingerprint density at radius 1 is 1.17 bits per heavy atom. The van der Waals surface area contributed by atoms with Crippen molar-refractivity contribution in [1.82, 2.24) is 5.32 Å². The SMILES string of the molecule is CC(=O)N[C@H]1CO[C@H](CO)[C@@H](O)[C@@H]1O[C@@H]1O[C@@H](C)[C@@H](O)[C@@H](O)[C@@H]1O. The van der Waals surface area contributed by atoms with E-state index < -0.39 is 61.7 Å². The Hall–Kier alpha value is -0.850. The molecule has 0 aromatic heterocycles. The van der Waals surface area contributed by atoms with Gasteiger partial charge in [-0.3, -0.25) is 4.79 Å². The standard InChI is InChI=1S/C14H25NO9/c1-5-9(18)11(20)12(21)14(23-5)24-13-7(15-6(2)17)4-22-8(3-16)10(13)19/h5,7-14,16,18-21H,3-4H2,1-2H3,(H,15,17)/t5-,7-,8+,9+,10+,11+,12-,13+,14-/m0/s1. The molecule has 9 atom stereocenters. The molecule has 140 valence electrons. The number of rotatable bonds is 4. The van der Waals surface area contributed by atoms with Gasteiger partial charge in [-0.1, -0.05) is 0 Å². The molecule has 0 radical (unpaired) electrons. The smallest absolute Gasteiger partial charge is 0.217 e. The molecule has 10 heteroatoms. The van der Waals surface area contributed by atoms with E-state index in [4.69, 9.17) is 14.2 Å². The summed E-state index contributed by atoms with van der Waals surface area (Å²) in [7, 11) is 0. The van der Waals surface area contributed by atoms with E-state index in [1.165, 1.54) is 13.8 Å². The Morgan fingerprint density at radius 3 is 2.42 bits per heavy atom. The second-order valence-corrected chi connectivity index (χ2v) is 6.13. The molecular weight excluding hydrogens is 326 g/mol. The number of ether oxygens (including phenoxy) is 3. The topological polar surface area (TPSA) is 158 Å². The molecule has 0 aliphatic carbocycles. The van der Waals surface area contributed by atoms with Gasteiger partial charge in [0.05, 0.1) is 25.4 Å². The summed E-state index contributed by atoms with van der Waals surface area (Å²) < 4.78 is 16.2. The van der Waals surface area contributed by atoms with E-state index in [1.54, 1.807) is 0 Å². The first-order chi connectivity index (χ1) is 11.3. The minimum Gasteiger partial charge on any atom is -0.394 e. The third-order valence-electron chi connectivity index (χ3n) is 4.27. The predicted octanol–water partition coefficient (Wildman–Crippen LogP) is -3.54. The van der Waals surface area contributed by atoms with Crippen LogP contribution in [0.1, 0.15) is 13.8 Å². The van der Waals surface area contributed by atoms with Crippen LogP contribution in [0.3, 0.4) is 0 Å². The molecule has 0 saturated carbocycles. The lowest BCUT2D eigenvalue weighted by Gasteiger charge is -2.44. The van der Waals surface area contributed by atoms with Gasteiger partial charge in [0.2, 0.25) is 5.91 Å². The quantitative estimate of drug-likeness (QED) is 0.302. The maximum atomic E-state index is 11.3. The molecule has 24 heavy (non-hydrogen) atoms. The number of nitrogens with one attached hydrogen (secondary N) is 1. The molecule has 0 unspecified atom stereocenters. The lowest BCUT2D eigenvalue weighted by atomic mass is 9.96. The summed E-state index contributed by atoms with van der Waals surface area (Å²) in [6, 6.07) is -0.740. The van der Waals surface area contributed by atoms with E-state index in [0.717, 1.165) is 0 Å². The molecule has 2 aliphatic rings. The molecule has 0 bridgehead atoms. The monoisotopic (exact) mass is 351 g/mol. The fourth-order valence-corrected chi connectivity index (χ4v) is 2.87. The highest BCUT2D eigenvalue weighted by atomic mass is 16.7. The van der Waals surface area contributed by atoms with Crippen LogP contribution in [0.5, 0.6) is 0 Å². The number of aliphatic hydroxyl groups is 5. The van der Waals surface area contributed by atoms with Crippen LogP contribution < -0.4 is 5.32 Å². The van der Waals surface area contributed by atoms with Crippen LogP contribution in [0, 0.1) is 0 Å². The number of hydrogen-bond acceptors (Lipinski definition) is 9. The highest BCUT2D eigenvalue weighted by Gasteiger charge is 2.47. The van der Waals surface area contributed by atoms with Gasteiger partial charge in [-0.25, -0.2) is 0 Å². The summed E-state index contributed by atoms with van der Waals surface area (Å²) in [4.78, 5) is 11.3. The highest BCUT2D eigenvalue weighted by Crippen LogP contribution is 2.26. The number of amides is 1. The van der Waals surface area contributed by atoms with Gasteiger partial charge in [-0.2, -0.15) is 0 Å². The Balaban J connectivity index is 2.13. The van der Waals surface area contributed by atoms with Gasteiger partial charge < -0.3 is 45.1 Å². The van der Waals surface area contributed by atoms with E-state index in [2.05, 4.69) is 5.32 Å². The summed E-state index contributed by atoms with van der Waals surface area (Å²) in [6.45, 7) is 2.31. The summed E-state index contributed by atoms with van der Waals surface area (Å²) in [6.07, 6.45) is -9.71. The molecule has 10 nitrogen and oxygen atoms in total. The van der Waals surface area contributed by atoms with Gasteiger partial charge in [-0.05, 0) is 6.92 Å². The minimum atomic E-state index is -1.54. The first-order valence-corrected chi connectivity index (χ1v) is 7.79. The van der Waals surface area contributed by atoms with Gasteiger partial charge >= 0.3 is 0 Å². The summed E-state index contributed by atoms with van der Waals surface area (Å²) in [5, 5.41) is 51.7. The molecule has 2 fully saturated rings. The van der Waals surface area contributed by atoms with Gasteiger partial charge in [0.15, 0.2) is 6.29 Å². The average Bonchev–Trinajstić information content (AvgIpc) is 2.53. The summed E-state index contributed by atoms with van der Waals surface area (Å²) in [5.41, 5.74) is 0. The van der Waals surface area contributed by atoms with Gasteiger partial charge in [-0.15, -0.1) is 0 Å². The van der Waals surface area contributed by atoms with Crippen molar-refractivity contribution in [3.05, 3.63) is 0 Å².